The molecule has 6 nitrogen and oxygen atoms in total. The zero-order chi connectivity index (χ0) is 26.6. The molecule has 2 unspecified atom stereocenters. The summed E-state index contributed by atoms with van der Waals surface area (Å²) >= 11 is 0. The van der Waals surface area contributed by atoms with Crippen LogP contribution >= 0.6 is 0 Å². The topological polar surface area (TPSA) is 76.1 Å². The Labute approximate surface area is 216 Å². The molecule has 1 saturated heterocycles. The van der Waals surface area contributed by atoms with E-state index in [9.17, 15) is 19.1 Å². The van der Waals surface area contributed by atoms with E-state index in [0.717, 1.165) is 22.3 Å². The molecule has 37 heavy (non-hydrogen) atoms. The van der Waals surface area contributed by atoms with Gasteiger partial charge >= 0.3 is 12.1 Å². The fourth-order valence-corrected chi connectivity index (χ4v) is 4.61. The molecule has 0 spiro atoms. The van der Waals surface area contributed by atoms with Crippen molar-refractivity contribution in [2.45, 2.75) is 51.4 Å². The number of amides is 1. The Morgan fingerprint density at radius 1 is 1.03 bits per heavy atom. The van der Waals surface area contributed by atoms with Crippen LogP contribution in [0.5, 0.6) is 0 Å². The molecule has 0 saturated carbocycles. The van der Waals surface area contributed by atoms with E-state index in [-0.39, 0.29) is 24.9 Å². The minimum atomic E-state index is -0.995. The fourth-order valence-electron chi connectivity index (χ4n) is 4.61. The van der Waals surface area contributed by atoms with E-state index in [4.69, 9.17) is 9.47 Å². The van der Waals surface area contributed by atoms with Crippen LogP contribution < -0.4 is 0 Å². The third kappa shape index (κ3) is 6.74. The first-order chi connectivity index (χ1) is 17.6. The molecule has 0 radical (unpaired) electrons. The molecule has 1 N–H and O–H groups in total. The largest absolute Gasteiger partial charge is 0.465 e. The number of hydrogen-bond donors (Lipinski definition) is 1. The molecule has 1 aliphatic heterocycles. The summed E-state index contributed by atoms with van der Waals surface area (Å²) in [6.45, 7) is 6.25. The summed E-state index contributed by atoms with van der Waals surface area (Å²) in [6, 6.07) is 21.5. The number of halogens is 1. The van der Waals surface area contributed by atoms with Gasteiger partial charge < -0.3 is 19.5 Å². The third-order valence-electron chi connectivity index (χ3n) is 6.38. The highest BCUT2D eigenvalue weighted by Crippen LogP contribution is 2.32. The highest BCUT2D eigenvalue weighted by Gasteiger charge is 2.33. The average molecular weight is 506 g/mol. The average Bonchev–Trinajstić information content (AvgIpc) is 2.87. The molecule has 1 fully saturated rings. The van der Waals surface area contributed by atoms with E-state index in [0.29, 0.717) is 18.5 Å². The van der Waals surface area contributed by atoms with E-state index in [1.165, 1.54) is 17.0 Å². The first kappa shape index (κ1) is 26.4. The zero-order valence-corrected chi connectivity index (χ0v) is 21.3. The summed E-state index contributed by atoms with van der Waals surface area (Å²) in [6.07, 6.45) is -0.849. The maximum Gasteiger partial charge on any atom is 0.407 e. The van der Waals surface area contributed by atoms with Crippen molar-refractivity contribution in [1.82, 2.24) is 4.90 Å². The van der Waals surface area contributed by atoms with Crippen LogP contribution in [0.25, 0.3) is 11.1 Å². The van der Waals surface area contributed by atoms with E-state index in [1.54, 1.807) is 18.2 Å². The van der Waals surface area contributed by atoms with Crippen molar-refractivity contribution in [2.24, 2.45) is 0 Å². The number of esters is 1. The molecule has 0 aromatic heterocycles. The van der Waals surface area contributed by atoms with Crippen molar-refractivity contribution in [2.75, 3.05) is 13.1 Å². The van der Waals surface area contributed by atoms with Crippen molar-refractivity contribution in [1.29, 1.82) is 0 Å². The number of piperidine rings is 1. The highest BCUT2D eigenvalue weighted by molar-refractivity contribution is 5.97. The van der Waals surface area contributed by atoms with E-state index in [2.05, 4.69) is 0 Å². The molecule has 2 atom stereocenters. The minimum Gasteiger partial charge on any atom is -0.465 e. The van der Waals surface area contributed by atoms with Crippen LogP contribution in [0, 0.1) is 5.82 Å². The van der Waals surface area contributed by atoms with Gasteiger partial charge in [0.1, 0.15) is 11.4 Å². The quantitative estimate of drug-likeness (QED) is 0.387. The third-order valence-corrected chi connectivity index (χ3v) is 6.38. The van der Waals surface area contributed by atoms with Crippen molar-refractivity contribution in [3.63, 3.8) is 0 Å². The molecule has 3 aromatic rings. The molecule has 1 aliphatic rings. The molecule has 1 heterocycles. The van der Waals surface area contributed by atoms with Gasteiger partial charge in [-0.05, 0) is 67.6 Å². The standard InChI is InChI=1S/C30H32FNO5/c1-30(2,3)37-28(33)26-17-20(9-14-24(26)21-7-5-4-6-8-21)19-36-27-18-32(29(34)35)16-15-25(27)22-10-12-23(31)13-11-22/h4-14,17,25,27H,15-16,18-19H2,1-3H3,(H,34,35). The summed E-state index contributed by atoms with van der Waals surface area (Å²) in [5.41, 5.74) is 3.13. The molecular weight excluding hydrogens is 473 g/mol. The van der Waals surface area contributed by atoms with Crippen LogP contribution in [0.3, 0.4) is 0 Å². The SMILES string of the molecule is CC(C)(C)OC(=O)c1cc(COC2CN(C(=O)O)CCC2c2ccc(F)cc2)ccc1-c1ccccc1. The van der Waals surface area contributed by atoms with Gasteiger partial charge in [0.25, 0.3) is 0 Å². The highest BCUT2D eigenvalue weighted by atomic mass is 19.1. The molecular formula is C30H32FNO5. The molecule has 0 aliphatic carbocycles. The van der Waals surface area contributed by atoms with Gasteiger partial charge in [0.15, 0.2) is 0 Å². The first-order valence-corrected chi connectivity index (χ1v) is 12.4. The van der Waals surface area contributed by atoms with Crippen LogP contribution in [0.15, 0.2) is 72.8 Å². The Morgan fingerprint density at radius 3 is 2.38 bits per heavy atom. The summed E-state index contributed by atoms with van der Waals surface area (Å²) in [5, 5.41) is 9.53. The smallest absolute Gasteiger partial charge is 0.407 e. The van der Waals surface area contributed by atoms with E-state index >= 15 is 0 Å². The van der Waals surface area contributed by atoms with Crippen LogP contribution in [0.4, 0.5) is 9.18 Å². The van der Waals surface area contributed by atoms with Crippen LogP contribution in [-0.2, 0) is 16.1 Å². The Balaban J connectivity index is 1.59. The number of carbonyl (C=O) groups excluding carboxylic acids is 1. The van der Waals surface area contributed by atoms with E-state index in [1.807, 2.05) is 63.2 Å². The number of nitrogens with zero attached hydrogens (tertiary/aromatic N) is 1. The normalized spacial score (nSPS) is 17.9. The van der Waals surface area contributed by atoms with Gasteiger partial charge in [0.05, 0.1) is 24.8 Å². The second kappa shape index (κ2) is 11.1. The molecule has 3 aromatic carbocycles. The monoisotopic (exact) mass is 505 g/mol. The number of carbonyl (C=O) groups is 2. The number of carboxylic acid groups (broad SMARTS) is 1. The maximum absolute atomic E-state index is 13.5. The Bertz CT molecular complexity index is 1240. The summed E-state index contributed by atoms with van der Waals surface area (Å²) in [7, 11) is 0. The number of ether oxygens (including phenoxy) is 2. The molecule has 7 heteroatoms. The van der Waals surface area contributed by atoms with Crippen molar-refractivity contribution in [3.05, 3.63) is 95.3 Å². The second-order valence-electron chi connectivity index (χ2n) is 10.3. The second-order valence-corrected chi connectivity index (χ2v) is 10.3. The number of hydrogen-bond acceptors (Lipinski definition) is 4. The Morgan fingerprint density at radius 2 is 1.73 bits per heavy atom. The van der Waals surface area contributed by atoms with Crippen molar-refractivity contribution >= 4 is 12.1 Å². The van der Waals surface area contributed by atoms with Gasteiger partial charge in [-0.1, -0.05) is 54.6 Å². The summed E-state index contributed by atoms with van der Waals surface area (Å²) < 4.78 is 25.4. The Hall–Kier alpha value is -3.71. The minimum absolute atomic E-state index is 0.0786. The predicted molar refractivity (Wildman–Crippen MR) is 139 cm³/mol. The lowest BCUT2D eigenvalue weighted by Gasteiger charge is -2.37. The lowest BCUT2D eigenvalue weighted by atomic mass is 9.87. The molecule has 0 bridgehead atoms. The fraction of sp³-hybridized carbons (Fsp3) is 0.333. The lowest BCUT2D eigenvalue weighted by molar-refractivity contribution is -0.0200. The zero-order valence-electron chi connectivity index (χ0n) is 21.3. The van der Waals surface area contributed by atoms with Crippen LogP contribution in [0.2, 0.25) is 0 Å². The van der Waals surface area contributed by atoms with Crippen molar-refractivity contribution in [3.8, 4) is 11.1 Å². The van der Waals surface area contributed by atoms with Gasteiger partial charge in [0, 0.05) is 12.5 Å². The van der Waals surface area contributed by atoms with E-state index < -0.39 is 23.8 Å². The summed E-state index contributed by atoms with van der Waals surface area (Å²) in [4.78, 5) is 26.1. The molecule has 4 rings (SSSR count). The van der Waals surface area contributed by atoms with Gasteiger partial charge in [-0.3, -0.25) is 0 Å². The van der Waals surface area contributed by atoms with Crippen molar-refractivity contribution < 1.29 is 28.6 Å². The summed E-state index contributed by atoms with van der Waals surface area (Å²) in [5.74, 6) is -0.824. The number of benzene rings is 3. The van der Waals surface area contributed by atoms with Gasteiger partial charge in [-0.25, -0.2) is 14.0 Å². The van der Waals surface area contributed by atoms with Crippen LogP contribution in [0.1, 0.15) is 54.6 Å². The molecule has 1 amide bonds. The van der Waals surface area contributed by atoms with Crippen LogP contribution in [-0.4, -0.2) is 46.9 Å². The van der Waals surface area contributed by atoms with Gasteiger partial charge in [-0.2, -0.15) is 0 Å². The first-order valence-electron chi connectivity index (χ1n) is 12.4. The lowest BCUT2D eigenvalue weighted by Crippen LogP contribution is -2.46. The maximum atomic E-state index is 13.5. The predicted octanol–water partition coefficient (Wildman–Crippen LogP) is 6.50. The van der Waals surface area contributed by atoms with Gasteiger partial charge in [-0.15, -0.1) is 0 Å². The number of rotatable bonds is 6. The van der Waals surface area contributed by atoms with Gasteiger partial charge in [0.2, 0.25) is 0 Å². The Kier molecular flexibility index (Phi) is 7.93. The molecule has 194 valence electrons. The number of likely N-dealkylation sites (tertiary alicyclic amines) is 1.